The first-order valence-corrected chi connectivity index (χ1v) is 6.80. The van der Waals surface area contributed by atoms with E-state index in [1.807, 2.05) is 13.8 Å². The van der Waals surface area contributed by atoms with E-state index in [1.165, 1.54) is 0 Å². The number of nitrogens with zero attached hydrogens (tertiary/aromatic N) is 1. The third-order valence-electron chi connectivity index (χ3n) is 2.60. The Kier molecular flexibility index (Phi) is 5.76. The van der Waals surface area contributed by atoms with E-state index in [0.29, 0.717) is 21.3 Å². The van der Waals surface area contributed by atoms with Crippen LogP contribution in [0.2, 0.25) is 10.0 Å². The molecule has 0 spiro atoms. The van der Waals surface area contributed by atoms with E-state index in [0.717, 1.165) is 25.9 Å². The standard InChI is InChI=1S/C13H18Cl2N2O/c1-3-5-17(6-4-2)13(18)9-7-10(14)12(16)11(15)8-9/h7-8H,3-6,16H2,1-2H3. The predicted molar refractivity (Wildman–Crippen MR) is 77.4 cm³/mol. The Hall–Kier alpha value is -0.930. The Balaban J connectivity index is 3.01. The molecule has 0 heterocycles. The second-order valence-corrected chi connectivity index (χ2v) is 4.96. The lowest BCUT2D eigenvalue weighted by Crippen LogP contribution is -2.32. The van der Waals surface area contributed by atoms with Gasteiger partial charge in [0.2, 0.25) is 0 Å². The van der Waals surface area contributed by atoms with Gasteiger partial charge in [0.05, 0.1) is 15.7 Å². The van der Waals surface area contributed by atoms with Crippen LogP contribution < -0.4 is 5.73 Å². The van der Waals surface area contributed by atoms with Crippen LogP contribution in [0.1, 0.15) is 37.0 Å². The fourth-order valence-corrected chi connectivity index (χ4v) is 2.23. The number of halogens is 2. The van der Waals surface area contributed by atoms with E-state index in [2.05, 4.69) is 0 Å². The summed E-state index contributed by atoms with van der Waals surface area (Å²) in [5.41, 5.74) is 6.46. The smallest absolute Gasteiger partial charge is 0.253 e. The van der Waals surface area contributed by atoms with Crippen LogP contribution in [0.3, 0.4) is 0 Å². The van der Waals surface area contributed by atoms with Crippen molar-refractivity contribution in [1.29, 1.82) is 0 Å². The lowest BCUT2D eigenvalue weighted by molar-refractivity contribution is 0.0755. The molecular formula is C13H18Cl2N2O. The maximum absolute atomic E-state index is 12.3. The van der Waals surface area contributed by atoms with Gasteiger partial charge in [-0.15, -0.1) is 0 Å². The maximum Gasteiger partial charge on any atom is 0.253 e. The van der Waals surface area contributed by atoms with Crippen LogP contribution in [0.4, 0.5) is 5.69 Å². The lowest BCUT2D eigenvalue weighted by Gasteiger charge is -2.21. The summed E-state index contributed by atoms with van der Waals surface area (Å²) in [5.74, 6) is -0.0532. The van der Waals surface area contributed by atoms with E-state index in [1.54, 1.807) is 17.0 Å². The summed E-state index contributed by atoms with van der Waals surface area (Å²) in [6.07, 6.45) is 1.84. The number of carbonyl (C=O) groups is 1. The fraction of sp³-hybridized carbons (Fsp3) is 0.462. The van der Waals surface area contributed by atoms with Crippen molar-refractivity contribution in [2.24, 2.45) is 0 Å². The third-order valence-corrected chi connectivity index (χ3v) is 3.23. The quantitative estimate of drug-likeness (QED) is 0.837. The largest absolute Gasteiger partial charge is 0.396 e. The first-order valence-electron chi connectivity index (χ1n) is 6.05. The molecule has 0 aliphatic rings. The molecule has 5 heteroatoms. The number of nitrogen functional groups attached to an aromatic ring is 1. The number of anilines is 1. The molecule has 3 nitrogen and oxygen atoms in total. The fourth-order valence-electron chi connectivity index (χ4n) is 1.75. The Labute approximate surface area is 118 Å². The van der Waals surface area contributed by atoms with Gasteiger partial charge < -0.3 is 10.6 Å². The van der Waals surface area contributed by atoms with Crippen molar-refractivity contribution in [3.05, 3.63) is 27.7 Å². The van der Waals surface area contributed by atoms with Crippen molar-refractivity contribution >= 4 is 34.8 Å². The van der Waals surface area contributed by atoms with Gasteiger partial charge in [0.25, 0.3) is 5.91 Å². The van der Waals surface area contributed by atoms with Gasteiger partial charge in [0.15, 0.2) is 0 Å². The Bertz CT molecular complexity index is 406. The number of amides is 1. The van der Waals surface area contributed by atoms with Gasteiger partial charge in [-0.05, 0) is 25.0 Å². The number of hydrogen-bond donors (Lipinski definition) is 1. The summed E-state index contributed by atoms with van der Waals surface area (Å²) in [6.45, 7) is 5.54. The zero-order valence-corrected chi connectivity index (χ0v) is 12.2. The van der Waals surface area contributed by atoms with E-state index >= 15 is 0 Å². The molecule has 0 saturated carbocycles. The molecule has 2 N–H and O–H groups in total. The number of nitrogens with two attached hydrogens (primary N) is 1. The van der Waals surface area contributed by atoms with Crippen LogP contribution in [0, 0.1) is 0 Å². The molecule has 0 fully saturated rings. The average molecular weight is 289 g/mol. The van der Waals surface area contributed by atoms with Gasteiger partial charge in [-0.3, -0.25) is 4.79 Å². The zero-order chi connectivity index (χ0) is 13.7. The molecule has 100 valence electrons. The second kappa shape index (κ2) is 6.86. The van der Waals surface area contributed by atoms with Crippen molar-refractivity contribution in [2.45, 2.75) is 26.7 Å². The highest BCUT2D eigenvalue weighted by Gasteiger charge is 2.16. The van der Waals surface area contributed by atoms with Gasteiger partial charge in [0, 0.05) is 18.7 Å². The number of rotatable bonds is 5. The number of hydrogen-bond acceptors (Lipinski definition) is 2. The molecular weight excluding hydrogens is 271 g/mol. The van der Waals surface area contributed by atoms with Crippen molar-refractivity contribution in [1.82, 2.24) is 4.90 Å². The highest BCUT2D eigenvalue weighted by atomic mass is 35.5. The summed E-state index contributed by atoms with van der Waals surface area (Å²) >= 11 is 11.9. The molecule has 18 heavy (non-hydrogen) atoms. The van der Waals surface area contributed by atoms with Gasteiger partial charge in [-0.25, -0.2) is 0 Å². The predicted octanol–water partition coefficient (Wildman–Crippen LogP) is 3.84. The molecule has 1 rings (SSSR count). The minimum atomic E-state index is -0.0532. The number of benzene rings is 1. The summed E-state index contributed by atoms with van der Waals surface area (Å²) in [7, 11) is 0. The molecule has 0 radical (unpaired) electrons. The maximum atomic E-state index is 12.3. The second-order valence-electron chi connectivity index (χ2n) is 4.15. The van der Waals surface area contributed by atoms with Gasteiger partial charge in [-0.1, -0.05) is 37.0 Å². The lowest BCUT2D eigenvalue weighted by atomic mass is 10.1. The summed E-state index contributed by atoms with van der Waals surface area (Å²) in [5, 5.41) is 0.637. The summed E-state index contributed by atoms with van der Waals surface area (Å²) in [6, 6.07) is 3.15. The van der Waals surface area contributed by atoms with Gasteiger partial charge in [0.1, 0.15) is 0 Å². The van der Waals surface area contributed by atoms with E-state index in [9.17, 15) is 4.79 Å². The van der Waals surface area contributed by atoms with E-state index in [4.69, 9.17) is 28.9 Å². The van der Waals surface area contributed by atoms with Crippen LogP contribution in [-0.4, -0.2) is 23.9 Å². The first-order chi connectivity index (χ1) is 8.51. The molecule has 0 atom stereocenters. The highest BCUT2D eigenvalue weighted by Crippen LogP contribution is 2.29. The minimum Gasteiger partial charge on any atom is -0.396 e. The molecule has 1 aromatic rings. The van der Waals surface area contributed by atoms with E-state index < -0.39 is 0 Å². The van der Waals surface area contributed by atoms with Crippen molar-refractivity contribution in [2.75, 3.05) is 18.8 Å². The highest BCUT2D eigenvalue weighted by molar-refractivity contribution is 6.39. The van der Waals surface area contributed by atoms with Crippen LogP contribution in [0.15, 0.2) is 12.1 Å². The molecule has 0 aromatic heterocycles. The zero-order valence-electron chi connectivity index (χ0n) is 10.7. The van der Waals surface area contributed by atoms with Crippen molar-refractivity contribution in [3.8, 4) is 0 Å². The SMILES string of the molecule is CCCN(CCC)C(=O)c1cc(Cl)c(N)c(Cl)c1. The Morgan fingerprint density at radius 3 is 2.00 bits per heavy atom. The third kappa shape index (κ3) is 3.53. The van der Waals surface area contributed by atoms with Crippen LogP contribution in [-0.2, 0) is 0 Å². The van der Waals surface area contributed by atoms with Crippen LogP contribution in [0.25, 0.3) is 0 Å². The summed E-state index contributed by atoms with van der Waals surface area (Å²) in [4.78, 5) is 14.1. The van der Waals surface area contributed by atoms with E-state index in [-0.39, 0.29) is 5.91 Å². The molecule has 0 aliphatic heterocycles. The van der Waals surface area contributed by atoms with Crippen molar-refractivity contribution < 1.29 is 4.79 Å². The minimum absolute atomic E-state index is 0.0532. The molecule has 1 amide bonds. The number of carbonyl (C=O) groups excluding carboxylic acids is 1. The average Bonchev–Trinajstić information content (AvgIpc) is 2.34. The molecule has 0 aliphatic carbocycles. The topological polar surface area (TPSA) is 46.3 Å². The van der Waals surface area contributed by atoms with Crippen LogP contribution >= 0.6 is 23.2 Å². The molecule has 0 saturated heterocycles. The first kappa shape index (κ1) is 15.1. The molecule has 1 aromatic carbocycles. The monoisotopic (exact) mass is 288 g/mol. The Morgan fingerprint density at radius 1 is 1.17 bits per heavy atom. The molecule has 0 unspecified atom stereocenters. The molecule has 0 bridgehead atoms. The normalized spacial score (nSPS) is 10.4. The van der Waals surface area contributed by atoms with Gasteiger partial charge >= 0.3 is 0 Å². The Morgan fingerprint density at radius 2 is 1.61 bits per heavy atom. The summed E-state index contributed by atoms with van der Waals surface area (Å²) < 4.78 is 0. The van der Waals surface area contributed by atoms with Crippen LogP contribution in [0.5, 0.6) is 0 Å². The van der Waals surface area contributed by atoms with Crippen molar-refractivity contribution in [3.63, 3.8) is 0 Å². The van der Waals surface area contributed by atoms with Gasteiger partial charge in [-0.2, -0.15) is 0 Å².